The quantitative estimate of drug-likeness (QED) is 0.256. The van der Waals surface area contributed by atoms with E-state index in [1.807, 2.05) is 48.5 Å². The highest BCUT2D eigenvalue weighted by Crippen LogP contribution is 2.25. The van der Waals surface area contributed by atoms with Crippen LogP contribution in [0.25, 0.3) is 0 Å². The second kappa shape index (κ2) is 10.9. The van der Waals surface area contributed by atoms with Gasteiger partial charge in [0.2, 0.25) is 0 Å². The summed E-state index contributed by atoms with van der Waals surface area (Å²) < 4.78 is 5.82. The maximum Gasteiger partial charge on any atom is 0.269 e. The minimum atomic E-state index is -0.473. The van der Waals surface area contributed by atoms with Crippen LogP contribution in [-0.2, 0) is 11.4 Å². The van der Waals surface area contributed by atoms with Crippen LogP contribution in [-0.4, -0.2) is 23.1 Å². The van der Waals surface area contributed by atoms with Gasteiger partial charge in [0.15, 0.2) is 0 Å². The number of nitro benzene ring substituents is 1. The zero-order valence-electron chi connectivity index (χ0n) is 18.0. The lowest BCUT2D eigenvalue weighted by Gasteiger charge is -2.12. The molecule has 3 N–H and O–H groups in total. The van der Waals surface area contributed by atoms with Crippen molar-refractivity contribution in [2.24, 2.45) is 5.10 Å². The molecule has 0 spiro atoms. The molecule has 0 aromatic heterocycles. The number of benzene rings is 3. The van der Waals surface area contributed by atoms with E-state index >= 15 is 0 Å². The Hall–Kier alpha value is -3.79. The van der Waals surface area contributed by atoms with Crippen LogP contribution >= 0.6 is 11.6 Å². The van der Waals surface area contributed by atoms with Crippen LogP contribution in [0.3, 0.4) is 0 Å². The lowest BCUT2D eigenvalue weighted by atomic mass is 10.0. The van der Waals surface area contributed by atoms with Gasteiger partial charge < -0.3 is 4.74 Å². The van der Waals surface area contributed by atoms with Crippen molar-refractivity contribution in [3.8, 4) is 5.75 Å². The van der Waals surface area contributed by atoms with Gasteiger partial charge in [0, 0.05) is 28.8 Å². The van der Waals surface area contributed by atoms with Gasteiger partial charge in [0.05, 0.1) is 11.1 Å². The smallest absolute Gasteiger partial charge is 0.269 e. The Morgan fingerprint density at radius 2 is 1.85 bits per heavy atom. The average molecular weight is 480 g/mol. The summed E-state index contributed by atoms with van der Waals surface area (Å²) in [5, 5.41) is 15.3. The minimum absolute atomic E-state index is 0.00588. The number of carbonyl (C=O) groups is 1. The standard InChI is InChI=1S/C24H22ClN5O4/c25-21-4-2-1-3-18(21)15-34-20-11-7-17(8-12-20)22-13-23(28-27-22)24(31)29-26-14-16-5-9-19(10-6-16)30(32)33/h1-12,14,22-23,27-28H,13,15H2,(H,29,31)/b26-14+. The number of nitro groups is 1. The molecule has 1 aliphatic heterocycles. The van der Waals surface area contributed by atoms with Crippen LogP contribution < -0.4 is 21.0 Å². The van der Waals surface area contributed by atoms with Crippen LogP contribution in [0.2, 0.25) is 5.02 Å². The maximum atomic E-state index is 12.4. The molecular formula is C24H22ClN5O4. The monoisotopic (exact) mass is 479 g/mol. The number of nitrogens with zero attached hydrogens (tertiary/aromatic N) is 2. The van der Waals surface area contributed by atoms with E-state index in [9.17, 15) is 14.9 Å². The van der Waals surface area contributed by atoms with Gasteiger partial charge in [0.1, 0.15) is 18.4 Å². The van der Waals surface area contributed by atoms with E-state index in [2.05, 4.69) is 21.4 Å². The number of rotatable bonds is 8. The molecule has 34 heavy (non-hydrogen) atoms. The first-order chi connectivity index (χ1) is 16.5. The summed E-state index contributed by atoms with van der Waals surface area (Å²) in [5.74, 6) is 0.442. The molecule has 2 unspecified atom stereocenters. The molecule has 4 rings (SSSR count). The highest BCUT2D eigenvalue weighted by molar-refractivity contribution is 6.31. The fourth-order valence-electron chi connectivity index (χ4n) is 3.45. The molecule has 0 bridgehead atoms. The third kappa shape index (κ3) is 5.96. The van der Waals surface area contributed by atoms with Crippen molar-refractivity contribution in [3.63, 3.8) is 0 Å². The molecule has 0 aliphatic carbocycles. The van der Waals surface area contributed by atoms with Crippen molar-refractivity contribution in [1.29, 1.82) is 0 Å². The molecule has 1 saturated heterocycles. The van der Waals surface area contributed by atoms with Crippen molar-refractivity contribution in [3.05, 3.63) is 105 Å². The normalized spacial score (nSPS) is 17.6. The molecule has 174 valence electrons. The molecule has 3 aromatic carbocycles. The summed E-state index contributed by atoms with van der Waals surface area (Å²) in [6.45, 7) is 0.380. The van der Waals surface area contributed by atoms with Crippen LogP contribution in [0.4, 0.5) is 5.69 Å². The molecule has 1 heterocycles. The Kier molecular flexibility index (Phi) is 7.48. The summed E-state index contributed by atoms with van der Waals surface area (Å²) >= 11 is 6.16. The minimum Gasteiger partial charge on any atom is -0.489 e. The average Bonchev–Trinajstić information content (AvgIpc) is 3.35. The number of non-ortho nitro benzene ring substituents is 1. The first-order valence-corrected chi connectivity index (χ1v) is 10.9. The van der Waals surface area contributed by atoms with Gasteiger partial charge in [-0.1, -0.05) is 41.9 Å². The molecule has 9 nitrogen and oxygen atoms in total. The molecule has 3 aromatic rings. The van der Waals surface area contributed by atoms with Crippen molar-refractivity contribution in [1.82, 2.24) is 16.3 Å². The number of amides is 1. The van der Waals surface area contributed by atoms with E-state index < -0.39 is 11.0 Å². The Morgan fingerprint density at radius 3 is 2.56 bits per heavy atom. The SMILES string of the molecule is O=C(N/N=C/c1ccc([N+](=O)[O-])cc1)C1CC(c2ccc(OCc3ccccc3Cl)cc2)NN1. The second-order valence-corrected chi connectivity index (χ2v) is 8.07. The maximum absolute atomic E-state index is 12.4. The number of hydrazone groups is 1. The predicted octanol–water partition coefficient (Wildman–Crippen LogP) is 3.89. The topological polar surface area (TPSA) is 118 Å². The number of hydrogen-bond donors (Lipinski definition) is 3. The molecular weight excluding hydrogens is 458 g/mol. The molecule has 10 heteroatoms. The van der Waals surface area contributed by atoms with Crippen LogP contribution in [0.15, 0.2) is 77.9 Å². The molecule has 2 atom stereocenters. The second-order valence-electron chi connectivity index (χ2n) is 7.66. The van der Waals surface area contributed by atoms with Crippen molar-refractivity contribution in [2.75, 3.05) is 0 Å². The summed E-state index contributed by atoms with van der Waals surface area (Å²) in [4.78, 5) is 22.6. The van der Waals surface area contributed by atoms with E-state index in [0.717, 1.165) is 16.9 Å². The highest BCUT2D eigenvalue weighted by atomic mass is 35.5. The lowest BCUT2D eigenvalue weighted by Crippen LogP contribution is -2.41. The van der Waals surface area contributed by atoms with Crippen molar-refractivity contribution >= 4 is 29.4 Å². The molecule has 1 aliphatic rings. The molecule has 1 amide bonds. The Bertz CT molecular complexity index is 1180. The lowest BCUT2D eigenvalue weighted by molar-refractivity contribution is -0.384. The van der Waals surface area contributed by atoms with E-state index in [1.165, 1.54) is 18.3 Å². The number of carbonyl (C=O) groups excluding carboxylic acids is 1. The van der Waals surface area contributed by atoms with Gasteiger partial charge in [0.25, 0.3) is 11.6 Å². The largest absolute Gasteiger partial charge is 0.489 e. The Labute approximate surface area is 200 Å². The molecule has 1 fully saturated rings. The van der Waals surface area contributed by atoms with Gasteiger partial charge in [-0.2, -0.15) is 5.10 Å². The molecule has 0 radical (unpaired) electrons. The third-order valence-corrected chi connectivity index (χ3v) is 5.72. The van der Waals surface area contributed by atoms with Crippen LogP contribution in [0.5, 0.6) is 5.75 Å². The highest BCUT2D eigenvalue weighted by Gasteiger charge is 2.30. The number of nitrogens with one attached hydrogen (secondary N) is 3. The number of halogens is 1. The van der Waals surface area contributed by atoms with Gasteiger partial charge >= 0.3 is 0 Å². The van der Waals surface area contributed by atoms with E-state index in [1.54, 1.807) is 12.1 Å². The van der Waals surface area contributed by atoms with Crippen LogP contribution in [0.1, 0.15) is 29.2 Å². The Balaban J connectivity index is 1.26. The van der Waals surface area contributed by atoms with Gasteiger partial charge in [-0.25, -0.2) is 16.3 Å². The number of ether oxygens (including phenoxy) is 1. The summed E-state index contributed by atoms with van der Waals surface area (Å²) in [5.41, 5.74) is 11.2. The van der Waals surface area contributed by atoms with Crippen molar-refractivity contribution in [2.45, 2.75) is 25.1 Å². The van der Waals surface area contributed by atoms with E-state index in [-0.39, 0.29) is 17.6 Å². The Morgan fingerprint density at radius 1 is 1.12 bits per heavy atom. The van der Waals surface area contributed by atoms with Crippen LogP contribution in [0, 0.1) is 10.1 Å². The first-order valence-electron chi connectivity index (χ1n) is 10.5. The predicted molar refractivity (Wildman–Crippen MR) is 128 cm³/mol. The first kappa shape index (κ1) is 23.4. The van der Waals surface area contributed by atoms with E-state index in [0.29, 0.717) is 23.6 Å². The zero-order valence-corrected chi connectivity index (χ0v) is 18.7. The number of hydrogen-bond acceptors (Lipinski definition) is 7. The van der Waals surface area contributed by atoms with Gasteiger partial charge in [-0.3, -0.25) is 14.9 Å². The summed E-state index contributed by atoms with van der Waals surface area (Å²) in [6, 6.07) is 20.6. The zero-order chi connectivity index (χ0) is 23.9. The molecule has 0 saturated carbocycles. The van der Waals surface area contributed by atoms with Crippen molar-refractivity contribution < 1.29 is 14.5 Å². The fourth-order valence-corrected chi connectivity index (χ4v) is 3.64. The van der Waals surface area contributed by atoms with Gasteiger partial charge in [-0.15, -0.1) is 0 Å². The van der Waals surface area contributed by atoms with Gasteiger partial charge in [-0.05, 0) is 47.9 Å². The fraction of sp³-hybridized carbons (Fsp3) is 0.167. The van der Waals surface area contributed by atoms with E-state index in [4.69, 9.17) is 16.3 Å². The third-order valence-electron chi connectivity index (χ3n) is 5.35. The number of hydrazine groups is 1. The summed E-state index contributed by atoms with van der Waals surface area (Å²) in [7, 11) is 0. The summed E-state index contributed by atoms with van der Waals surface area (Å²) in [6.07, 6.45) is 1.97.